The molecular weight excluding hydrogens is 326 g/mol. The van der Waals surface area contributed by atoms with Crippen LogP contribution in [0, 0.1) is 0 Å². The molecule has 5 rings (SSSR count). The predicted molar refractivity (Wildman–Crippen MR) is 100 cm³/mol. The molecule has 0 N–H and O–H groups in total. The number of aromatic nitrogens is 3. The lowest BCUT2D eigenvalue weighted by atomic mass is 10.1. The third-order valence-electron chi connectivity index (χ3n) is 5.59. The summed E-state index contributed by atoms with van der Waals surface area (Å²) in [5.74, 6) is 2.19. The quantitative estimate of drug-likeness (QED) is 0.720. The standard InChI is InChI=1S/C20H23N5O/c1-14(20-22-19(23-26-20)15-6-7-15)24-10-12-25(13-11-24)18-8-9-21-17-5-3-2-4-16(17)18/h2-5,8-9,14-15H,6-7,10-13H2,1H3. The van der Waals surface area contributed by atoms with Gasteiger partial charge in [0.05, 0.1) is 11.6 Å². The number of para-hydroxylation sites is 1. The van der Waals surface area contributed by atoms with Gasteiger partial charge in [-0.05, 0) is 31.9 Å². The van der Waals surface area contributed by atoms with Crippen LogP contribution in [0.1, 0.15) is 43.4 Å². The molecule has 6 heteroatoms. The molecule has 1 atom stereocenters. The Balaban J connectivity index is 1.29. The highest BCUT2D eigenvalue weighted by molar-refractivity contribution is 5.91. The Bertz CT molecular complexity index is 906. The average Bonchev–Trinajstić information content (AvgIpc) is 3.44. The molecule has 1 saturated heterocycles. The van der Waals surface area contributed by atoms with Crippen molar-refractivity contribution in [3.8, 4) is 0 Å². The van der Waals surface area contributed by atoms with E-state index in [4.69, 9.17) is 4.52 Å². The number of benzene rings is 1. The van der Waals surface area contributed by atoms with Gasteiger partial charge >= 0.3 is 0 Å². The first kappa shape index (κ1) is 15.8. The van der Waals surface area contributed by atoms with E-state index in [1.165, 1.54) is 23.9 Å². The van der Waals surface area contributed by atoms with Gasteiger partial charge in [0.25, 0.3) is 0 Å². The molecule has 3 heterocycles. The van der Waals surface area contributed by atoms with Gasteiger partial charge < -0.3 is 9.42 Å². The van der Waals surface area contributed by atoms with Crippen molar-refractivity contribution in [1.82, 2.24) is 20.0 Å². The van der Waals surface area contributed by atoms with E-state index < -0.39 is 0 Å². The number of pyridine rings is 1. The second-order valence-electron chi connectivity index (χ2n) is 7.31. The summed E-state index contributed by atoms with van der Waals surface area (Å²) >= 11 is 0. The van der Waals surface area contributed by atoms with E-state index in [0.717, 1.165) is 43.4 Å². The Morgan fingerprint density at radius 3 is 2.69 bits per heavy atom. The molecule has 2 fully saturated rings. The summed E-state index contributed by atoms with van der Waals surface area (Å²) in [5, 5.41) is 5.39. The topological polar surface area (TPSA) is 58.3 Å². The van der Waals surface area contributed by atoms with Gasteiger partial charge in [-0.3, -0.25) is 9.88 Å². The van der Waals surface area contributed by atoms with Crippen molar-refractivity contribution < 1.29 is 4.52 Å². The second-order valence-corrected chi connectivity index (χ2v) is 7.31. The maximum atomic E-state index is 5.53. The molecule has 1 aliphatic heterocycles. The van der Waals surface area contributed by atoms with Crippen LogP contribution in [0.2, 0.25) is 0 Å². The van der Waals surface area contributed by atoms with Gasteiger partial charge in [0, 0.05) is 49.4 Å². The third kappa shape index (κ3) is 2.84. The van der Waals surface area contributed by atoms with E-state index in [1.807, 2.05) is 12.3 Å². The zero-order valence-corrected chi connectivity index (χ0v) is 15.0. The summed E-state index contributed by atoms with van der Waals surface area (Å²) < 4.78 is 5.53. The fourth-order valence-electron chi connectivity index (χ4n) is 3.79. The van der Waals surface area contributed by atoms with Crippen LogP contribution in [0.4, 0.5) is 5.69 Å². The summed E-state index contributed by atoms with van der Waals surface area (Å²) in [6.07, 6.45) is 4.31. The van der Waals surface area contributed by atoms with Crippen LogP contribution in [-0.2, 0) is 0 Å². The molecular formula is C20H23N5O. The smallest absolute Gasteiger partial charge is 0.243 e. The summed E-state index contributed by atoms with van der Waals surface area (Å²) in [6.45, 7) is 6.11. The van der Waals surface area contributed by atoms with E-state index >= 15 is 0 Å². The van der Waals surface area contributed by atoms with Gasteiger partial charge in [-0.15, -0.1) is 0 Å². The highest BCUT2D eigenvalue weighted by Gasteiger charge is 2.31. The van der Waals surface area contributed by atoms with Gasteiger partial charge in [-0.1, -0.05) is 23.4 Å². The first-order valence-electron chi connectivity index (χ1n) is 9.46. The Kier molecular flexibility index (Phi) is 3.85. The molecule has 3 aromatic rings. The molecule has 1 aliphatic carbocycles. The first-order chi connectivity index (χ1) is 12.8. The molecule has 2 aromatic heterocycles. The molecule has 0 amide bonds. The Morgan fingerprint density at radius 1 is 1.08 bits per heavy atom. The first-order valence-corrected chi connectivity index (χ1v) is 9.46. The second kappa shape index (κ2) is 6.36. The minimum atomic E-state index is 0.173. The third-order valence-corrected chi connectivity index (χ3v) is 5.59. The Labute approximate surface area is 152 Å². The number of hydrogen-bond acceptors (Lipinski definition) is 6. The summed E-state index contributed by atoms with van der Waals surface area (Å²) in [6, 6.07) is 10.7. The van der Waals surface area contributed by atoms with Crippen molar-refractivity contribution in [2.45, 2.75) is 31.7 Å². The molecule has 0 radical (unpaired) electrons. The molecule has 1 saturated carbocycles. The van der Waals surface area contributed by atoms with Crippen LogP contribution in [-0.4, -0.2) is 46.2 Å². The van der Waals surface area contributed by atoms with Crippen LogP contribution < -0.4 is 4.90 Å². The van der Waals surface area contributed by atoms with E-state index in [9.17, 15) is 0 Å². The number of nitrogens with zero attached hydrogens (tertiary/aromatic N) is 5. The lowest BCUT2D eigenvalue weighted by molar-refractivity contribution is 0.164. The van der Waals surface area contributed by atoms with Crippen molar-refractivity contribution in [2.75, 3.05) is 31.1 Å². The maximum absolute atomic E-state index is 5.53. The fraction of sp³-hybridized carbons (Fsp3) is 0.450. The van der Waals surface area contributed by atoms with Gasteiger partial charge in [-0.2, -0.15) is 4.98 Å². The maximum Gasteiger partial charge on any atom is 0.243 e. The average molecular weight is 349 g/mol. The molecule has 1 unspecified atom stereocenters. The lowest BCUT2D eigenvalue weighted by Gasteiger charge is -2.38. The normalized spacial score (nSPS) is 19.8. The van der Waals surface area contributed by atoms with E-state index in [0.29, 0.717) is 5.92 Å². The molecule has 6 nitrogen and oxygen atoms in total. The van der Waals surface area contributed by atoms with Crippen LogP contribution in [0.5, 0.6) is 0 Å². The van der Waals surface area contributed by atoms with Crippen LogP contribution >= 0.6 is 0 Å². The summed E-state index contributed by atoms with van der Waals surface area (Å²) in [5.41, 5.74) is 2.33. The Morgan fingerprint density at radius 2 is 1.88 bits per heavy atom. The zero-order chi connectivity index (χ0) is 17.5. The lowest BCUT2D eigenvalue weighted by Crippen LogP contribution is -2.47. The number of hydrogen-bond donors (Lipinski definition) is 0. The van der Waals surface area contributed by atoms with Gasteiger partial charge in [0.1, 0.15) is 0 Å². The van der Waals surface area contributed by atoms with Crippen molar-refractivity contribution >= 4 is 16.6 Å². The van der Waals surface area contributed by atoms with Gasteiger partial charge in [-0.25, -0.2) is 0 Å². The summed E-state index contributed by atoms with van der Waals surface area (Å²) in [7, 11) is 0. The number of anilines is 1. The zero-order valence-electron chi connectivity index (χ0n) is 15.0. The Hall–Kier alpha value is -2.47. The number of piperazine rings is 1. The highest BCUT2D eigenvalue weighted by atomic mass is 16.5. The predicted octanol–water partition coefficient (Wildman–Crippen LogP) is 3.38. The van der Waals surface area contributed by atoms with Crippen molar-refractivity contribution in [3.63, 3.8) is 0 Å². The molecule has 1 aromatic carbocycles. The fourth-order valence-corrected chi connectivity index (χ4v) is 3.79. The van der Waals surface area contributed by atoms with Crippen LogP contribution in [0.25, 0.3) is 10.9 Å². The minimum absolute atomic E-state index is 0.173. The van der Waals surface area contributed by atoms with E-state index in [2.05, 4.69) is 56.1 Å². The van der Waals surface area contributed by atoms with Crippen LogP contribution in [0.15, 0.2) is 41.1 Å². The molecule has 134 valence electrons. The van der Waals surface area contributed by atoms with Crippen molar-refractivity contribution in [3.05, 3.63) is 48.2 Å². The van der Waals surface area contributed by atoms with E-state index in [-0.39, 0.29) is 6.04 Å². The molecule has 2 aliphatic rings. The molecule has 0 bridgehead atoms. The highest BCUT2D eigenvalue weighted by Crippen LogP contribution is 2.38. The van der Waals surface area contributed by atoms with Crippen molar-refractivity contribution in [1.29, 1.82) is 0 Å². The van der Waals surface area contributed by atoms with Crippen molar-refractivity contribution in [2.24, 2.45) is 0 Å². The molecule has 26 heavy (non-hydrogen) atoms. The van der Waals surface area contributed by atoms with Gasteiger partial charge in [0.2, 0.25) is 5.89 Å². The monoisotopic (exact) mass is 349 g/mol. The molecule has 0 spiro atoms. The SMILES string of the molecule is CC(c1nc(C2CC2)no1)N1CCN(c2ccnc3ccccc23)CC1. The number of rotatable bonds is 4. The minimum Gasteiger partial charge on any atom is -0.368 e. The van der Waals surface area contributed by atoms with E-state index in [1.54, 1.807) is 0 Å². The van der Waals surface area contributed by atoms with Crippen LogP contribution in [0.3, 0.4) is 0 Å². The van der Waals surface area contributed by atoms with Gasteiger partial charge in [0.15, 0.2) is 5.82 Å². The summed E-state index contributed by atoms with van der Waals surface area (Å²) in [4.78, 5) is 14.0. The largest absolute Gasteiger partial charge is 0.368 e. The number of fused-ring (bicyclic) bond motifs is 1.